The molecule has 2 heterocycles. The van der Waals surface area contributed by atoms with Gasteiger partial charge in [0, 0.05) is 0 Å². The standard InChI is InChI=1S/C10H6BrClOS2/c1-5-4-7(15-10(5)12)9(13)6-2-3-8(11)14-6/h2-4H,1H3. The third kappa shape index (κ3) is 2.33. The average molecular weight is 322 g/mol. The number of carbonyl (C=O) groups is 1. The minimum absolute atomic E-state index is 0.0469. The zero-order valence-electron chi connectivity index (χ0n) is 7.71. The van der Waals surface area contributed by atoms with Crippen LogP contribution in [0.4, 0.5) is 0 Å². The van der Waals surface area contributed by atoms with Crippen molar-refractivity contribution < 1.29 is 4.79 Å². The molecule has 0 amide bonds. The third-order valence-corrected chi connectivity index (χ3v) is 5.05. The van der Waals surface area contributed by atoms with Crippen LogP contribution in [-0.2, 0) is 0 Å². The molecule has 0 radical (unpaired) electrons. The number of thiophene rings is 2. The Kier molecular flexibility index (Phi) is 3.30. The van der Waals surface area contributed by atoms with E-state index in [-0.39, 0.29) is 5.78 Å². The molecule has 78 valence electrons. The number of rotatable bonds is 2. The van der Waals surface area contributed by atoms with E-state index < -0.39 is 0 Å². The van der Waals surface area contributed by atoms with Gasteiger partial charge in [0.1, 0.15) is 0 Å². The lowest BCUT2D eigenvalue weighted by Gasteiger charge is -1.90. The van der Waals surface area contributed by atoms with Crippen LogP contribution in [0.5, 0.6) is 0 Å². The van der Waals surface area contributed by atoms with E-state index in [1.165, 1.54) is 22.7 Å². The van der Waals surface area contributed by atoms with Crippen LogP contribution in [0, 0.1) is 6.92 Å². The van der Waals surface area contributed by atoms with Crippen LogP contribution in [0.2, 0.25) is 4.34 Å². The van der Waals surface area contributed by atoms with Gasteiger partial charge < -0.3 is 0 Å². The first-order valence-corrected chi connectivity index (χ1v) is 6.94. The van der Waals surface area contributed by atoms with Crippen molar-refractivity contribution >= 4 is 56.0 Å². The van der Waals surface area contributed by atoms with Crippen molar-refractivity contribution in [2.45, 2.75) is 6.92 Å². The normalized spacial score (nSPS) is 10.6. The topological polar surface area (TPSA) is 17.1 Å². The molecule has 0 fully saturated rings. The van der Waals surface area contributed by atoms with Crippen LogP contribution in [0.3, 0.4) is 0 Å². The Balaban J connectivity index is 2.36. The molecule has 0 aromatic carbocycles. The summed E-state index contributed by atoms with van der Waals surface area (Å²) in [5.41, 5.74) is 0.959. The summed E-state index contributed by atoms with van der Waals surface area (Å²) in [4.78, 5) is 13.4. The molecule has 5 heteroatoms. The first kappa shape index (κ1) is 11.3. The maximum Gasteiger partial charge on any atom is 0.212 e. The summed E-state index contributed by atoms with van der Waals surface area (Å²) in [6.45, 7) is 1.90. The molecule has 0 bridgehead atoms. The van der Waals surface area contributed by atoms with E-state index in [1.54, 1.807) is 0 Å². The van der Waals surface area contributed by atoms with E-state index in [0.717, 1.165) is 14.2 Å². The molecule has 0 atom stereocenters. The SMILES string of the molecule is Cc1cc(C(=O)c2ccc(Br)s2)sc1Cl. The van der Waals surface area contributed by atoms with Gasteiger partial charge >= 0.3 is 0 Å². The molecule has 1 nitrogen and oxygen atoms in total. The molecular formula is C10H6BrClOS2. The van der Waals surface area contributed by atoms with Gasteiger partial charge in [-0.15, -0.1) is 22.7 Å². The summed E-state index contributed by atoms with van der Waals surface area (Å²) < 4.78 is 1.65. The van der Waals surface area contributed by atoms with Crippen LogP contribution in [0.25, 0.3) is 0 Å². The van der Waals surface area contributed by atoms with Gasteiger partial charge in [-0.1, -0.05) is 11.6 Å². The Morgan fingerprint density at radius 1 is 1.33 bits per heavy atom. The smallest absolute Gasteiger partial charge is 0.212 e. The van der Waals surface area contributed by atoms with E-state index in [4.69, 9.17) is 11.6 Å². The molecule has 15 heavy (non-hydrogen) atoms. The Morgan fingerprint density at radius 2 is 2.07 bits per heavy atom. The van der Waals surface area contributed by atoms with Crippen LogP contribution < -0.4 is 0 Å². The monoisotopic (exact) mass is 320 g/mol. The lowest BCUT2D eigenvalue weighted by atomic mass is 10.2. The van der Waals surface area contributed by atoms with Crippen LogP contribution in [0.15, 0.2) is 22.0 Å². The van der Waals surface area contributed by atoms with E-state index in [9.17, 15) is 4.79 Å². The fourth-order valence-corrected chi connectivity index (χ4v) is 3.69. The maximum atomic E-state index is 12.0. The summed E-state index contributed by atoms with van der Waals surface area (Å²) in [5.74, 6) is 0.0469. The van der Waals surface area contributed by atoms with Crippen molar-refractivity contribution in [1.82, 2.24) is 0 Å². The van der Waals surface area contributed by atoms with E-state index in [0.29, 0.717) is 9.21 Å². The second kappa shape index (κ2) is 4.37. The lowest BCUT2D eigenvalue weighted by Crippen LogP contribution is -1.93. The van der Waals surface area contributed by atoms with E-state index >= 15 is 0 Å². The fourth-order valence-electron chi connectivity index (χ4n) is 1.13. The minimum atomic E-state index is 0.0469. The summed E-state index contributed by atoms with van der Waals surface area (Å²) in [6, 6.07) is 5.53. The number of halogens is 2. The van der Waals surface area contributed by atoms with Gasteiger partial charge in [-0.05, 0) is 46.6 Å². The quantitative estimate of drug-likeness (QED) is 0.729. The van der Waals surface area contributed by atoms with E-state index in [1.807, 2.05) is 25.1 Å². The van der Waals surface area contributed by atoms with Crippen LogP contribution in [0.1, 0.15) is 20.1 Å². The van der Waals surface area contributed by atoms with Crippen LogP contribution in [-0.4, -0.2) is 5.78 Å². The first-order chi connectivity index (χ1) is 7.08. The number of hydrogen-bond acceptors (Lipinski definition) is 3. The Bertz CT molecular complexity index is 496. The molecule has 2 aromatic heterocycles. The average Bonchev–Trinajstić information content (AvgIpc) is 2.74. The Labute approximate surface area is 109 Å². The Hall–Kier alpha value is -0.160. The summed E-state index contributed by atoms with van der Waals surface area (Å²) in [6.07, 6.45) is 0. The third-order valence-electron chi connectivity index (χ3n) is 1.88. The summed E-state index contributed by atoms with van der Waals surface area (Å²) in [7, 11) is 0. The largest absolute Gasteiger partial charge is 0.287 e. The van der Waals surface area contributed by atoms with Crippen molar-refractivity contribution in [2.75, 3.05) is 0 Å². The van der Waals surface area contributed by atoms with Gasteiger partial charge in [0.15, 0.2) is 0 Å². The molecule has 0 aliphatic rings. The van der Waals surface area contributed by atoms with Gasteiger partial charge in [-0.2, -0.15) is 0 Å². The molecule has 2 rings (SSSR count). The highest BCUT2D eigenvalue weighted by Crippen LogP contribution is 2.31. The summed E-state index contributed by atoms with van der Waals surface area (Å²) >= 11 is 12.0. The second-order valence-electron chi connectivity index (χ2n) is 3.00. The number of ketones is 1. The molecule has 2 aromatic rings. The van der Waals surface area contributed by atoms with Gasteiger partial charge in [0.05, 0.1) is 17.9 Å². The van der Waals surface area contributed by atoms with Crippen molar-refractivity contribution in [3.63, 3.8) is 0 Å². The first-order valence-electron chi connectivity index (χ1n) is 4.14. The van der Waals surface area contributed by atoms with Crippen molar-refractivity contribution in [1.29, 1.82) is 0 Å². The highest BCUT2D eigenvalue weighted by molar-refractivity contribution is 9.11. The fraction of sp³-hybridized carbons (Fsp3) is 0.100. The van der Waals surface area contributed by atoms with Gasteiger partial charge in [0.2, 0.25) is 5.78 Å². The molecule has 0 aliphatic heterocycles. The highest BCUT2D eigenvalue weighted by Gasteiger charge is 2.15. The van der Waals surface area contributed by atoms with Gasteiger partial charge in [0.25, 0.3) is 0 Å². The van der Waals surface area contributed by atoms with Gasteiger partial charge in [-0.25, -0.2) is 0 Å². The number of carbonyl (C=O) groups excluding carboxylic acids is 1. The molecule has 0 unspecified atom stereocenters. The molecule has 0 saturated heterocycles. The second-order valence-corrected chi connectivity index (χ2v) is 7.12. The van der Waals surface area contributed by atoms with E-state index in [2.05, 4.69) is 15.9 Å². The zero-order valence-corrected chi connectivity index (χ0v) is 11.7. The number of hydrogen-bond donors (Lipinski definition) is 0. The Morgan fingerprint density at radius 3 is 2.53 bits per heavy atom. The predicted octanol–water partition coefficient (Wildman–Crippen LogP) is 4.76. The van der Waals surface area contributed by atoms with Crippen molar-refractivity contribution in [3.8, 4) is 0 Å². The minimum Gasteiger partial charge on any atom is -0.287 e. The molecule has 0 aliphatic carbocycles. The molecule has 0 N–H and O–H groups in total. The van der Waals surface area contributed by atoms with Crippen molar-refractivity contribution in [3.05, 3.63) is 41.6 Å². The lowest BCUT2D eigenvalue weighted by molar-refractivity contribution is 0.104. The number of aryl methyl sites for hydroxylation is 1. The van der Waals surface area contributed by atoms with Crippen molar-refractivity contribution in [2.24, 2.45) is 0 Å². The van der Waals surface area contributed by atoms with Gasteiger partial charge in [-0.3, -0.25) is 4.79 Å². The zero-order chi connectivity index (χ0) is 11.0. The highest BCUT2D eigenvalue weighted by atomic mass is 79.9. The summed E-state index contributed by atoms with van der Waals surface area (Å²) in [5, 5.41) is 0. The maximum absolute atomic E-state index is 12.0. The molecule has 0 spiro atoms. The predicted molar refractivity (Wildman–Crippen MR) is 69.5 cm³/mol. The molecular weight excluding hydrogens is 316 g/mol. The van der Waals surface area contributed by atoms with Crippen LogP contribution >= 0.6 is 50.2 Å². The molecule has 0 saturated carbocycles.